The zero-order valence-corrected chi connectivity index (χ0v) is 9.32. The average molecular weight is 234 g/mol. The molecule has 0 bridgehead atoms. The molecule has 1 aromatic carbocycles. The van der Waals surface area contributed by atoms with Gasteiger partial charge < -0.3 is 5.73 Å². The van der Waals surface area contributed by atoms with E-state index in [4.69, 9.17) is 5.73 Å². The Hall–Kier alpha value is -1.81. The van der Waals surface area contributed by atoms with E-state index in [9.17, 15) is 8.78 Å². The van der Waals surface area contributed by atoms with Gasteiger partial charge in [-0.15, -0.1) is 0 Å². The van der Waals surface area contributed by atoms with Crippen molar-refractivity contribution in [2.75, 3.05) is 0 Å². The highest BCUT2D eigenvalue weighted by molar-refractivity contribution is 5.67. The molecule has 0 spiro atoms. The molecule has 0 fully saturated rings. The molecule has 0 aliphatic rings. The number of hydrogen-bond donors (Lipinski definition) is 1. The lowest BCUT2D eigenvalue weighted by atomic mass is 10.0. The van der Waals surface area contributed by atoms with Crippen molar-refractivity contribution in [3.8, 4) is 11.1 Å². The first-order valence-corrected chi connectivity index (χ1v) is 5.25. The lowest BCUT2D eigenvalue weighted by Crippen LogP contribution is -2.09. The Labute approximate surface area is 98.1 Å². The lowest BCUT2D eigenvalue weighted by Gasteiger charge is -2.12. The molecule has 1 unspecified atom stereocenters. The third-order valence-electron chi connectivity index (χ3n) is 2.49. The highest BCUT2D eigenvalue weighted by Crippen LogP contribution is 2.28. The van der Waals surface area contributed by atoms with Crippen LogP contribution in [0, 0.1) is 11.6 Å². The van der Waals surface area contributed by atoms with Crippen molar-refractivity contribution in [3.05, 3.63) is 53.9 Å². The van der Waals surface area contributed by atoms with Crippen molar-refractivity contribution < 1.29 is 8.78 Å². The molecule has 1 heterocycles. The maximum Gasteiger partial charge on any atom is 0.131 e. The van der Waals surface area contributed by atoms with Gasteiger partial charge in [-0.2, -0.15) is 0 Å². The summed E-state index contributed by atoms with van der Waals surface area (Å²) in [6, 6.07) is 6.35. The minimum Gasteiger partial charge on any atom is -0.323 e. The summed E-state index contributed by atoms with van der Waals surface area (Å²) in [5, 5.41) is 0. The fourth-order valence-corrected chi connectivity index (χ4v) is 1.71. The molecular weight excluding hydrogens is 222 g/mol. The fourth-order valence-electron chi connectivity index (χ4n) is 1.71. The van der Waals surface area contributed by atoms with E-state index in [0.29, 0.717) is 11.3 Å². The van der Waals surface area contributed by atoms with Gasteiger partial charge in [0.25, 0.3) is 0 Å². The van der Waals surface area contributed by atoms with Crippen LogP contribution in [0.5, 0.6) is 0 Å². The summed E-state index contributed by atoms with van der Waals surface area (Å²) in [6.07, 6.45) is 1.58. The number of pyridine rings is 1. The van der Waals surface area contributed by atoms with Crippen molar-refractivity contribution in [1.29, 1.82) is 0 Å². The first-order chi connectivity index (χ1) is 8.09. The van der Waals surface area contributed by atoms with Crippen molar-refractivity contribution in [2.24, 2.45) is 5.73 Å². The number of rotatable bonds is 2. The molecule has 88 valence electrons. The summed E-state index contributed by atoms with van der Waals surface area (Å²) in [7, 11) is 0. The van der Waals surface area contributed by atoms with Crippen LogP contribution in [0.3, 0.4) is 0 Å². The van der Waals surface area contributed by atoms with E-state index in [-0.39, 0.29) is 11.6 Å². The SMILES string of the molecule is CC(N)c1ncccc1-c1cc(F)ccc1F. The van der Waals surface area contributed by atoms with Gasteiger partial charge in [-0.3, -0.25) is 4.98 Å². The maximum absolute atomic E-state index is 13.7. The molecule has 1 aromatic heterocycles. The number of nitrogens with zero attached hydrogens (tertiary/aromatic N) is 1. The van der Waals surface area contributed by atoms with E-state index in [1.807, 2.05) is 0 Å². The minimum absolute atomic E-state index is 0.186. The van der Waals surface area contributed by atoms with Crippen LogP contribution in [0.4, 0.5) is 8.78 Å². The maximum atomic E-state index is 13.7. The van der Waals surface area contributed by atoms with Crippen LogP contribution in [-0.2, 0) is 0 Å². The molecule has 0 aliphatic carbocycles. The Bertz CT molecular complexity index is 539. The van der Waals surface area contributed by atoms with Gasteiger partial charge in [-0.05, 0) is 31.2 Å². The van der Waals surface area contributed by atoms with Crippen molar-refractivity contribution in [2.45, 2.75) is 13.0 Å². The smallest absolute Gasteiger partial charge is 0.131 e. The summed E-state index contributed by atoms with van der Waals surface area (Å²) in [6.45, 7) is 1.75. The summed E-state index contributed by atoms with van der Waals surface area (Å²) in [4.78, 5) is 4.11. The van der Waals surface area contributed by atoms with Gasteiger partial charge in [-0.25, -0.2) is 8.78 Å². The summed E-state index contributed by atoms with van der Waals surface area (Å²) >= 11 is 0. The van der Waals surface area contributed by atoms with Crippen LogP contribution in [0.2, 0.25) is 0 Å². The molecule has 2 rings (SSSR count). The van der Waals surface area contributed by atoms with Crippen LogP contribution in [-0.4, -0.2) is 4.98 Å². The van der Waals surface area contributed by atoms with Gasteiger partial charge in [-0.1, -0.05) is 6.07 Å². The second-order valence-corrected chi connectivity index (χ2v) is 3.85. The second kappa shape index (κ2) is 4.59. The van der Waals surface area contributed by atoms with E-state index in [0.717, 1.165) is 18.2 Å². The lowest BCUT2D eigenvalue weighted by molar-refractivity contribution is 0.602. The number of aromatic nitrogens is 1. The zero-order chi connectivity index (χ0) is 12.4. The molecule has 0 saturated heterocycles. The quantitative estimate of drug-likeness (QED) is 0.867. The molecular formula is C13H12F2N2. The standard InChI is InChI=1S/C13H12F2N2/c1-8(16)13-10(3-2-6-17-13)11-7-9(14)4-5-12(11)15/h2-8H,16H2,1H3. The van der Waals surface area contributed by atoms with Crippen LogP contribution in [0.1, 0.15) is 18.7 Å². The molecule has 2 nitrogen and oxygen atoms in total. The molecule has 17 heavy (non-hydrogen) atoms. The summed E-state index contributed by atoms with van der Waals surface area (Å²) in [5.41, 5.74) is 7.03. The summed E-state index contributed by atoms with van der Waals surface area (Å²) in [5.74, 6) is -0.970. The van der Waals surface area contributed by atoms with E-state index >= 15 is 0 Å². The van der Waals surface area contributed by atoms with Gasteiger partial charge in [0.2, 0.25) is 0 Å². The van der Waals surface area contributed by atoms with E-state index in [2.05, 4.69) is 4.98 Å². The Morgan fingerprint density at radius 2 is 1.94 bits per heavy atom. The predicted octanol–water partition coefficient (Wildman–Crippen LogP) is 3.05. The number of halogens is 2. The highest BCUT2D eigenvalue weighted by Gasteiger charge is 2.13. The largest absolute Gasteiger partial charge is 0.323 e. The Morgan fingerprint density at radius 3 is 2.65 bits per heavy atom. The molecule has 0 aliphatic heterocycles. The number of nitrogens with two attached hydrogens (primary N) is 1. The van der Waals surface area contributed by atoms with Gasteiger partial charge in [0.15, 0.2) is 0 Å². The average Bonchev–Trinajstić information content (AvgIpc) is 2.32. The number of hydrogen-bond acceptors (Lipinski definition) is 2. The molecule has 0 radical (unpaired) electrons. The fraction of sp³-hybridized carbons (Fsp3) is 0.154. The first-order valence-electron chi connectivity index (χ1n) is 5.25. The third-order valence-corrected chi connectivity index (χ3v) is 2.49. The Kier molecular flexibility index (Phi) is 3.15. The third kappa shape index (κ3) is 2.31. The van der Waals surface area contributed by atoms with E-state index in [1.54, 1.807) is 25.3 Å². The molecule has 1 atom stereocenters. The van der Waals surface area contributed by atoms with Crippen LogP contribution < -0.4 is 5.73 Å². The van der Waals surface area contributed by atoms with Gasteiger partial charge in [0, 0.05) is 23.4 Å². The van der Waals surface area contributed by atoms with E-state index < -0.39 is 11.6 Å². The normalized spacial score (nSPS) is 12.5. The topological polar surface area (TPSA) is 38.9 Å². The monoisotopic (exact) mass is 234 g/mol. The van der Waals surface area contributed by atoms with Crippen molar-refractivity contribution in [3.63, 3.8) is 0 Å². The molecule has 0 amide bonds. The van der Waals surface area contributed by atoms with Gasteiger partial charge >= 0.3 is 0 Å². The highest BCUT2D eigenvalue weighted by atomic mass is 19.1. The number of benzene rings is 1. The predicted molar refractivity (Wildman–Crippen MR) is 62.2 cm³/mol. The molecule has 2 aromatic rings. The summed E-state index contributed by atoms with van der Waals surface area (Å²) < 4.78 is 26.8. The van der Waals surface area contributed by atoms with Gasteiger partial charge in [0.1, 0.15) is 11.6 Å². The molecule has 2 N–H and O–H groups in total. The van der Waals surface area contributed by atoms with Crippen molar-refractivity contribution in [1.82, 2.24) is 4.98 Å². The van der Waals surface area contributed by atoms with Crippen LogP contribution in [0.25, 0.3) is 11.1 Å². The van der Waals surface area contributed by atoms with Crippen LogP contribution >= 0.6 is 0 Å². The molecule has 4 heteroatoms. The zero-order valence-electron chi connectivity index (χ0n) is 9.32. The first kappa shape index (κ1) is 11.7. The van der Waals surface area contributed by atoms with Gasteiger partial charge in [0.05, 0.1) is 5.69 Å². The van der Waals surface area contributed by atoms with Crippen LogP contribution in [0.15, 0.2) is 36.5 Å². The Morgan fingerprint density at radius 1 is 1.18 bits per heavy atom. The minimum atomic E-state index is -0.485. The van der Waals surface area contributed by atoms with E-state index in [1.165, 1.54) is 0 Å². The second-order valence-electron chi connectivity index (χ2n) is 3.85. The Balaban J connectivity index is 2.64. The molecule has 0 saturated carbocycles. The van der Waals surface area contributed by atoms with Crippen molar-refractivity contribution >= 4 is 0 Å².